The van der Waals surface area contributed by atoms with E-state index in [1.807, 2.05) is 47.4 Å². The third-order valence-electron chi connectivity index (χ3n) is 5.67. The average Bonchev–Trinajstić information content (AvgIpc) is 3.43. The van der Waals surface area contributed by atoms with Crippen LogP contribution in [0.5, 0.6) is 0 Å². The average molecular weight is 405 g/mol. The topological polar surface area (TPSA) is 89.4 Å². The van der Waals surface area contributed by atoms with E-state index in [1.165, 1.54) is 10.4 Å². The van der Waals surface area contributed by atoms with Gasteiger partial charge in [-0.2, -0.15) is 15.0 Å². The Bertz CT molecular complexity index is 1070. The number of rotatable bonds is 4. The van der Waals surface area contributed by atoms with Crippen molar-refractivity contribution >= 4 is 28.5 Å². The first-order valence-corrected chi connectivity index (χ1v) is 10.3. The lowest BCUT2D eigenvalue weighted by Crippen LogP contribution is -2.38. The van der Waals surface area contributed by atoms with Crippen LogP contribution in [-0.2, 0) is 33.8 Å². The Balaban J connectivity index is 1.26. The SMILES string of the molecule is O=C(Nc1ccc2c(c1)CN(C(=O)Cn1nc3ccccc3n1)CC2)[C@H]1CCCO1. The molecule has 2 aromatic carbocycles. The van der Waals surface area contributed by atoms with Crippen LogP contribution < -0.4 is 5.32 Å². The molecule has 0 saturated carbocycles. The van der Waals surface area contributed by atoms with Gasteiger partial charge in [0.15, 0.2) is 0 Å². The summed E-state index contributed by atoms with van der Waals surface area (Å²) in [4.78, 5) is 28.4. The van der Waals surface area contributed by atoms with E-state index in [9.17, 15) is 9.59 Å². The van der Waals surface area contributed by atoms with Gasteiger partial charge in [0.05, 0.1) is 0 Å². The normalized spacial score (nSPS) is 18.4. The molecule has 0 unspecified atom stereocenters. The van der Waals surface area contributed by atoms with Gasteiger partial charge in [-0.05, 0) is 54.7 Å². The highest BCUT2D eigenvalue weighted by atomic mass is 16.5. The molecule has 3 aromatic rings. The minimum absolute atomic E-state index is 0.0187. The van der Waals surface area contributed by atoms with Gasteiger partial charge in [-0.25, -0.2) is 0 Å². The van der Waals surface area contributed by atoms with Crippen molar-refractivity contribution < 1.29 is 14.3 Å². The second-order valence-corrected chi connectivity index (χ2v) is 7.76. The second kappa shape index (κ2) is 7.87. The maximum Gasteiger partial charge on any atom is 0.253 e. The molecule has 1 fully saturated rings. The van der Waals surface area contributed by atoms with Crippen LogP contribution in [0.4, 0.5) is 5.69 Å². The summed E-state index contributed by atoms with van der Waals surface area (Å²) in [5.74, 6) is -0.122. The maximum atomic E-state index is 12.8. The van der Waals surface area contributed by atoms with Gasteiger partial charge in [-0.3, -0.25) is 9.59 Å². The van der Waals surface area contributed by atoms with Gasteiger partial charge in [0.2, 0.25) is 5.91 Å². The molecule has 154 valence electrons. The first kappa shape index (κ1) is 18.7. The molecule has 2 aliphatic rings. The van der Waals surface area contributed by atoms with E-state index in [0.717, 1.165) is 41.5 Å². The molecule has 0 bridgehead atoms. The van der Waals surface area contributed by atoms with Crippen LogP contribution >= 0.6 is 0 Å². The number of carbonyl (C=O) groups is 2. The molecule has 1 atom stereocenters. The van der Waals surface area contributed by atoms with Crippen molar-refractivity contribution in [2.75, 3.05) is 18.5 Å². The van der Waals surface area contributed by atoms with Gasteiger partial charge in [0.25, 0.3) is 5.91 Å². The number of amides is 2. The zero-order valence-corrected chi connectivity index (χ0v) is 16.6. The third-order valence-corrected chi connectivity index (χ3v) is 5.67. The van der Waals surface area contributed by atoms with E-state index in [1.54, 1.807) is 0 Å². The Hall–Kier alpha value is -3.26. The van der Waals surface area contributed by atoms with Gasteiger partial charge in [-0.15, -0.1) is 0 Å². The molecule has 0 spiro atoms. The van der Waals surface area contributed by atoms with E-state index in [-0.39, 0.29) is 24.5 Å². The molecule has 2 aliphatic heterocycles. The summed E-state index contributed by atoms with van der Waals surface area (Å²) in [7, 11) is 0. The van der Waals surface area contributed by atoms with Crippen molar-refractivity contribution in [3.8, 4) is 0 Å². The van der Waals surface area contributed by atoms with E-state index in [0.29, 0.717) is 19.7 Å². The molecule has 3 heterocycles. The number of benzene rings is 2. The number of hydrogen-bond acceptors (Lipinski definition) is 5. The van der Waals surface area contributed by atoms with Gasteiger partial charge in [0.1, 0.15) is 23.7 Å². The fraction of sp³-hybridized carbons (Fsp3) is 0.364. The van der Waals surface area contributed by atoms with Crippen LogP contribution in [-0.4, -0.2) is 51.0 Å². The van der Waals surface area contributed by atoms with Crippen molar-refractivity contribution in [2.45, 2.75) is 38.5 Å². The monoisotopic (exact) mass is 405 g/mol. The van der Waals surface area contributed by atoms with Crippen LogP contribution in [0.25, 0.3) is 11.0 Å². The third kappa shape index (κ3) is 3.78. The molecule has 5 rings (SSSR count). The number of carbonyl (C=O) groups excluding carboxylic acids is 2. The predicted molar refractivity (Wildman–Crippen MR) is 111 cm³/mol. The standard InChI is InChI=1S/C22H23N5O3/c28-21(14-27-24-18-4-1-2-5-19(18)25-27)26-10-9-15-7-8-17(12-16(15)13-26)23-22(29)20-6-3-11-30-20/h1-2,4-5,7-8,12,20H,3,6,9-11,13-14H2,(H,23,29)/t20-/m1/s1. The van der Waals surface area contributed by atoms with E-state index < -0.39 is 0 Å². The smallest absolute Gasteiger partial charge is 0.253 e. The number of fused-ring (bicyclic) bond motifs is 2. The Labute approximate surface area is 173 Å². The van der Waals surface area contributed by atoms with E-state index in [2.05, 4.69) is 15.5 Å². The lowest BCUT2D eigenvalue weighted by Gasteiger charge is -2.29. The highest BCUT2D eigenvalue weighted by Crippen LogP contribution is 2.24. The first-order chi connectivity index (χ1) is 14.7. The van der Waals surface area contributed by atoms with Crippen molar-refractivity contribution in [3.63, 3.8) is 0 Å². The Morgan fingerprint density at radius 3 is 2.63 bits per heavy atom. The number of nitrogens with one attached hydrogen (secondary N) is 1. The summed E-state index contributed by atoms with van der Waals surface area (Å²) in [6.07, 6.45) is 2.10. The molecule has 1 N–H and O–H groups in total. The minimum atomic E-state index is -0.365. The van der Waals surface area contributed by atoms with Crippen LogP contribution in [0.3, 0.4) is 0 Å². The summed E-state index contributed by atoms with van der Waals surface area (Å²) in [6.45, 7) is 1.92. The zero-order chi connectivity index (χ0) is 20.5. The van der Waals surface area contributed by atoms with Gasteiger partial charge < -0.3 is 15.0 Å². The highest BCUT2D eigenvalue weighted by Gasteiger charge is 2.25. The highest BCUT2D eigenvalue weighted by molar-refractivity contribution is 5.94. The minimum Gasteiger partial charge on any atom is -0.368 e. The number of ether oxygens (including phenoxy) is 1. The van der Waals surface area contributed by atoms with Crippen molar-refractivity contribution in [1.82, 2.24) is 19.9 Å². The molecule has 1 aromatic heterocycles. The molecule has 30 heavy (non-hydrogen) atoms. The fourth-order valence-corrected chi connectivity index (χ4v) is 4.05. The largest absolute Gasteiger partial charge is 0.368 e. The van der Waals surface area contributed by atoms with Gasteiger partial charge in [0, 0.05) is 25.4 Å². The van der Waals surface area contributed by atoms with E-state index >= 15 is 0 Å². The lowest BCUT2D eigenvalue weighted by molar-refractivity contribution is -0.133. The van der Waals surface area contributed by atoms with Gasteiger partial charge >= 0.3 is 0 Å². The Morgan fingerprint density at radius 1 is 1.10 bits per heavy atom. The van der Waals surface area contributed by atoms with Crippen LogP contribution in [0, 0.1) is 0 Å². The summed E-state index contributed by atoms with van der Waals surface area (Å²) in [6, 6.07) is 13.5. The molecule has 2 amide bonds. The fourth-order valence-electron chi connectivity index (χ4n) is 4.05. The Kier molecular flexibility index (Phi) is 4.92. The quantitative estimate of drug-likeness (QED) is 0.718. The summed E-state index contributed by atoms with van der Waals surface area (Å²) in [5.41, 5.74) is 4.56. The van der Waals surface area contributed by atoms with Crippen LogP contribution in [0.2, 0.25) is 0 Å². The number of hydrogen-bond donors (Lipinski definition) is 1. The molecule has 8 heteroatoms. The zero-order valence-electron chi connectivity index (χ0n) is 16.6. The van der Waals surface area contributed by atoms with Crippen molar-refractivity contribution in [3.05, 3.63) is 53.6 Å². The molecule has 1 saturated heterocycles. The molecule has 8 nitrogen and oxygen atoms in total. The van der Waals surface area contributed by atoms with Crippen molar-refractivity contribution in [1.29, 1.82) is 0 Å². The van der Waals surface area contributed by atoms with E-state index in [4.69, 9.17) is 4.74 Å². The molecular formula is C22H23N5O3. The lowest BCUT2D eigenvalue weighted by atomic mass is 9.99. The number of aromatic nitrogens is 3. The van der Waals surface area contributed by atoms with Crippen molar-refractivity contribution in [2.24, 2.45) is 0 Å². The molecular weight excluding hydrogens is 382 g/mol. The number of nitrogens with zero attached hydrogens (tertiary/aromatic N) is 4. The summed E-state index contributed by atoms with van der Waals surface area (Å²) in [5, 5.41) is 11.7. The molecule has 0 radical (unpaired) electrons. The second-order valence-electron chi connectivity index (χ2n) is 7.76. The predicted octanol–water partition coefficient (Wildman–Crippen LogP) is 2.13. The summed E-state index contributed by atoms with van der Waals surface area (Å²) < 4.78 is 5.45. The van der Waals surface area contributed by atoms with Gasteiger partial charge in [-0.1, -0.05) is 18.2 Å². The maximum absolute atomic E-state index is 12.8. The Morgan fingerprint density at radius 2 is 1.90 bits per heavy atom. The first-order valence-electron chi connectivity index (χ1n) is 10.3. The van der Waals surface area contributed by atoms with Crippen LogP contribution in [0.15, 0.2) is 42.5 Å². The molecule has 0 aliphatic carbocycles. The van der Waals surface area contributed by atoms with Crippen LogP contribution in [0.1, 0.15) is 24.0 Å². The number of anilines is 1. The summed E-state index contributed by atoms with van der Waals surface area (Å²) >= 11 is 0.